The summed E-state index contributed by atoms with van der Waals surface area (Å²) < 4.78 is 10.4. The molecule has 0 aliphatic rings. The molecule has 1 rings (SSSR count). The highest BCUT2D eigenvalue weighted by atomic mass is 16.5. The second-order valence-corrected chi connectivity index (χ2v) is 2.76. The average molecular weight is 204 g/mol. The van der Waals surface area contributed by atoms with E-state index in [9.17, 15) is 4.79 Å². The second-order valence-electron chi connectivity index (χ2n) is 2.76. The Bertz CT molecular complexity index is 352. The van der Waals surface area contributed by atoms with Crippen LogP contribution in [0.15, 0.2) is 24.3 Å². The van der Waals surface area contributed by atoms with Crippen molar-refractivity contribution in [2.24, 2.45) is 0 Å². The highest BCUT2D eigenvalue weighted by molar-refractivity contribution is 5.79. The van der Waals surface area contributed by atoms with Crippen molar-refractivity contribution in [3.63, 3.8) is 0 Å². The van der Waals surface area contributed by atoms with E-state index in [1.165, 1.54) is 0 Å². The van der Waals surface area contributed by atoms with Crippen molar-refractivity contribution in [2.45, 2.75) is 0 Å². The van der Waals surface area contributed by atoms with Crippen molar-refractivity contribution >= 4 is 6.29 Å². The highest BCUT2D eigenvalue weighted by Crippen LogP contribution is 2.15. The van der Waals surface area contributed by atoms with Gasteiger partial charge in [-0.05, 0) is 12.1 Å². The second kappa shape index (κ2) is 6.63. The molecule has 0 atom stereocenters. The van der Waals surface area contributed by atoms with Crippen LogP contribution in [0.4, 0.5) is 0 Å². The van der Waals surface area contributed by atoms with Crippen molar-refractivity contribution in [2.75, 3.05) is 19.8 Å². The molecular weight excluding hydrogens is 192 g/mol. The third-order valence-corrected chi connectivity index (χ3v) is 1.72. The van der Waals surface area contributed by atoms with Crippen molar-refractivity contribution in [3.05, 3.63) is 29.8 Å². The Hall–Kier alpha value is -1.79. The van der Waals surface area contributed by atoms with Crippen molar-refractivity contribution in [3.8, 4) is 18.1 Å². The fraction of sp³-hybridized carbons (Fsp3) is 0.250. The maximum absolute atomic E-state index is 10.6. The molecular formula is C12H12O3. The number of benzene rings is 1. The molecule has 0 spiro atoms. The predicted molar refractivity (Wildman–Crippen MR) is 57.0 cm³/mol. The van der Waals surface area contributed by atoms with E-state index in [1.807, 2.05) is 6.07 Å². The van der Waals surface area contributed by atoms with Crippen molar-refractivity contribution in [1.82, 2.24) is 0 Å². The summed E-state index contributed by atoms with van der Waals surface area (Å²) in [4.78, 5) is 10.6. The van der Waals surface area contributed by atoms with Crippen LogP contribution in [-0.4, -0.2) is 26.1 Å². The summed E-state index contributed by atoms with van der Waals surface area (Å²) in [6.07, 6.45) is 5.77. The molecule has 0 amide bonds. The molecule has 0 heterocycles. The number of terminal acetylenes is 1. The third-order valence-electron chi connectivity index (χ3n) is 1.72. The summed E-state index contributed by atoms with van der Waals surface area (Å²) in [6.45, 7) is 1.07. The van der Waals surface area contributed by atoms with E-state index in [2.05, 4.69) is 5.92 Å². The Morgan fingerprint density at radius 1 is 1.33 bits per heavy atom. The van der Waals surface area contributed by atoms with Gasteiger partial charge in [-0.25, -0.2) is 0 Å². The third kappa shape index (κ3) is 3.84. The van der Waals surface area contributed by atoms with Crippen LogP contribution in [0, 0.1) is 12.3 Å². The Balaban J connectivity index is 2.37. The Kier molecular flexibility index (Phi) is 4.99. The molecule has 3 heteroatoms. The molecule has 0 saturated carbocycles. The molecule has 15 heavy (non-hydrogen) atoms. The minimum Gasteiger partial charge on any atom is -0.490 e. The first-order valence-corrected chi connectivity index (χ1v) is 4.56. The van der Waals surface area contributed by atoms with E-state index >= 15 is 0 Å². The van der Waals surface area contributed by atoms with Gasteiger partial charge in [0.25, 0.3) is 0 Å². The molecule has 3 nitrogen and oxygen atoms in total. The highest BCUT2D eigenvalue weighted by Gasteiger charge is 2.00. The van der Waals surface area contributed by atoms with E-state index in [0.717, 1.165) is 6.29 Å². The van der Waals surface area contributed by atoms with E-state index in [1.54, 1.807) is 18.2 Å². The summed E-state index contributed by atoms with van der Waals surface area (Å²) in [5.74, 6) is 2.92. The fourth-order valence-corrected chi connectivity index (χ4v) is 1.05. The number of ether oxygens (including phenoxy) is 2. The topological polar surface area (TPSA) is 35.5 Å². The van der Waals surface area contributed by atoms with Crippen LogP contribution in [0.25, 0.3) is 0 Å². The molecule has 1 aromatic rings. The summed E-state index contributed by atoms with van der Waals surface area (Å²) in [5.41, 5.74) is 0.537. The minimum atomic E-state index is 0.276. The molecule has 0 N–H and O–H groups in total. The zero-order valence-electron chi connectivity index (χ0n) is 8.31. The first-order chi connectivity index (χ1) is 7.38. The summed E-state index contributed by atoms with van der Waals surface area (Å²) in [7, 11) is 0. The van der Waals surface area contributed by atoms with Crippen LogP contribution in [-0.2, 0) is 4.74 Å². The Morgan fingerprint density at radius 3 is 2.87 bits per heavy atom. The molecule has 78 valence electrons. The van der Waals surface area contributed by atoms with Crippen LogP contribution in [0.5, 0.6) is 5.75 Å². The van der Waals surface area contributed by atoms with Gasteiger partial charge in [-0.3, -0.25) is 4.79 Å². The van der Waals surface area contributed by atoms with Crippen molar-refractivity contribution < 1.29 is 14.3 Å². The van der Waals surface area contributed by atoms with Crippen LogP contribution >= 0.6 is 0 Å². The standard InChI is InChI=1S/C12H12O3/c1-2-7-14-8-9-15-12-6-4-3-5-11(12)10-13/h1,3-6,10H,7-9H2. The zero-order valence-corrected chi connectivity index (χ0v) is 8.31. The molecule has 0 aliphatic heterocycles. The first-order valence-electron chi connectivity index (χ1n) is 4.56. The lowest BCUT2D eigenvalue weighted by Gasteiger charge is -2.07. The van der Waals surface area contributed by atoms with Crippen LogP contribution in [0.1, 0.15) is 10.4 Å². The molecule has 0 saturated heterocycles. The minimum absolute atomic E-state index is 0.276. The Morgan fingerprint density at radius 2 is 2.13 bits per heavy atom. The van der Waals surface area contributed by atoms with Gasteiger partial charge in [0.05, 0.1) is 12.2 Å². The lowest BCUT2D eigenvalue weighted by Crippen LogP contribution is -2.07. The smallest absolute Gasteiger partial charge is 0.153 e. The monoisotopic (exact) mass is 204 g/mol. The molecule has 0 unspecified atom stereocenters. The van der Waals surface area contributed by atoms with E-state index in [4.69, 9.17) is 15.9 Å². The van der Waals surface area contributed by atoms with Gasteiger partial charge in [0, 0.05) is 0 Å². The van der Waals surface area contributed by atoms with Gasteiger partial charge in [0.2, 0.25) is 0 Å². The van der Waals surface area contributed by atoms with Crippen LogP contribution < -0.4 is 4.74 Å². The van der Waals surface area contributed by atoms with Crippen molar-refractivity contribution in [1.29, 1.82) is 0 Å². The number of hydrogen-bond donors (Lipinski definition) is 0. The van der Waals surface area contributed by atoms with Gasteiger partial charge in [-0.1, -0.05) is 18.1 Å². The summed E-state index contributed by atoms with van der Waals surface area (Å²) in [6, 6.07) is 7.03. The molecule has 1 aromatic carbocycles. The van der Waals surface area contributed by atoms with Gasteiger partial charge in [-0.15, -0.1) is 6.42 Å². The number of aldehydes is 1. The van der Waals surface area contributed by atoms with Gasteiger partial charge in [-0.2, -0.15) is 0 Å². The number of carbonyl (C=O) groups is 1. The lowest BCUT2D eigenvalue weighted by molar-refractivity contribution is 0.110. The van der Waals surface area contributed by atoms with E-state index < -0.39 is 0 Å². The first kappa shape index (κ1) is 11.3. The molecule has 0 radical (unpaired) electrons. The maximum Gasteiger partial charge on any atom is 0.153 e. The SMILES string of the molecule is C#CCOCCOc1ccccc1C=O. The van der Waals surface area contributed by atoms with E-state index in [0.29, 0.717) is 24.5 Å². The summed E-state index contributed by atoms with van der Waals surface area (Å²) in [5, 5.41) is 0. The fourth-order valence-electron chi connectivity index (χ4n) is 1.05. The zero-order chi connectivity index (χ0) is 10.9. The number of para-hydroxylation sites is 1. The molecule has 0 fully saturated rings. The number of carbonyl (C=O) groups excluding carboxylic acids is 1. The maximum atomic E-state index is 10.6. The Labute approximate surface area is 89.0 Å². The molecule has 0 bridgehead atoms. The number of rotatable bonds is 6. The predicted octanol–water partition coefficient (Wildman–Crippen LogP) is 1.53. The summed E-state index contributed by atoms with van der Waals surface area (Å²) >= 11 is 0. The average Bonchev–Trinajstić information content (AvgIpc) is 2.29. The largest absolute Gasteiger partial charge is 0.490 e. The molecule has 0 aliphatic carbocycles. The molecule has 0 aromatic heterocycles. The quantitative estimate of drug-likeness (QED) is 0.400. The van der Waals surface area contributed by atoms with E-state index in [-0.39, 0.29) is 6.61 Å². The van der Waals surface area contributed by atoms with Crippen LogP contribution in [0.3, 0.4) is 0 Å². The van der Waals surface area contributed by atoms with Gasteiger partial charge < -0.3 is 9.47 Å². The van der Waals surface area contributed by atoms with Crippen LogP contribution in [0.2, 0.25) is 0 Å². The lowest BCUT2D eigenvalue weighted by atomic mass is 10.2. The van der Waals surface area contributed by atoms with Gasteiger partial charge in [0.1, 0.15) is 19.0 Å². The van der Waals surface area contributed by atoms with Gasteiger partial charge >= 0.3 is 0 Å². The van der Waals surface area contributed by atoms with Gasteiger partial charge in [0.15, 0.2) is 6.29 Å². The number of hydrogen-bond acceptors (Lipinski definition) is 3. The normalized spacial score (nSPS) is 9.27.